The zero-order valence-electron chi connectivity index (χ0n) is 32.7. The Labute approximate surface area is 351 Å². The number of rotatable bonds is 10. The van der Waals surface area contributed by atoms with Gasteiger partial charge in [0.1, 0.15) is 0 Å². The molecule has 0 aliphatic heterocycles. The molecule has 0 amide bonds. The van der Waals surface area contributed by atoms with Crippen LogP contribution in [0.2, 0.25) is 0 Å². The van der Waals surface area contributed by atoms with Gasteiger partial charge in [0.2, 0.25) is 0 Å². The lowest BCUT2D eigenvalue weighted by atomic mass is 9.98. The van der Waals surface area contributed by atoms with Crippen LogP contribution in [0.3, 0.4) is 0 Å². The molecule has 1 heterocycles. The monoisotopic (exact) mass is 766 g/mol. The first-order valence-electron chi connectivity index (χ1n) is 20.1. The summed E-state index contributed by atoms with van der Waals surface area (Å²) >= 11 is 0. The topological polar surface area (TPSA) is 32.3 Å². The molecule has 0 saturated heterocycles. The Kier molecular flexibility index (Phi) is 9.81. The van der Waals surface area contributed by atoms with Gasteiger partial charge >= 0.3 is 0 Å². The van der Waals surface area contributed by atoms with Crippen molar-refractivity contribution in [2.45, 2.75) is 0 Å². The minimum atomic E-state index is 0.831. The summed E-state index contributed by atoms with van der Waals surface area (Å²) in [4.78, 5) is 15.3. The van der Waals surface area contributed by atoms with E-state index in [-0.39, 0.29) is 0 Å². The second-order valence-corrected chi connectivity index (χ2v) is 14.5. The fourth-order valence-corrected chi connectivity index (χ4v) is 7.82. The van der Waals surface area contributed by atoms with Gasteiger partial charge in [-0.05, 0) is 114 Å². The number of anilines is 6. The summed E-state index contributed by atoms with van der Waals surface area (Å²) in [5, 5.41) is 0. The molecule has 4 nitrogen and oxygen atoms in total. The Morgan fingerprint density at radius 1 is 0.300 bits per heavy atom. The number of aromatic nitrogens is 2. The Bertz CT molecular complexity index is 2940. The molecule has 0 aliphatic rings. The van der Waals surface area contributed by atoms with Gasteiger partial charge in [-0.2, -0.15) is 0 Å². The highest BCUT2D eigenvalue weighted by Crippen LogP contribution is 2.41. The summed E-state index contributed by atoms with van der Waals surface area (Å²) in [7, 11) is 0. The van der Waals surface area contributed by atoms with Crippen molar-refractivity contribution < 1.29 is 0 Å². The van der Waals surface area contributed by atoms with Gasteiger partial charge in [-0.1, -0.05) is 146 Å². The minimum Gasteiger partial charge on any atom is -0.311 e. The molecule has 0 atom stereocenters. The summed E-state index contributed by atoms with van der Waals surface area (Å²) in [5.74, 6) is 0. The number of nitrogens with zero attached hydrogens (tertiary/aromatic N) is 4. The van der Waals surface area contributed by atoms with Crippen LogP contribution in [0.5, 0.6) is 0 Å². The van der Waals surface area contributed by atoms with E-state index in [9.17, 15) is 0 Å². The van der Waals surface area contributed by atoms with Crippen molar-refractivity contribution in [2.75, 3.05) is 9.80 Å². The first-order chi connectivity index (χ1) is 29.8. The molecule has 1 aromatic heterocycles. The Hall–Kier alpha value is -8.26. The molecule has 10 aromatic rings. The molecule has 0 saturated carbocycles. The molecule has 0 unspecified atom stereocenters. The largest absolute Gasteiger partial charge is 0.311 e. The average molecular weight is 767 g/mol. The normalized spacial score (nSPS) is 10.9. The first kappa shape index (κ1) is 36.1. The van der Waals surface area contributed by atoms with E-state index in [4.69, 9.17) is 9.97 Å². The van der Waals surface area contributed by atoms with Gasteiger partial charge in [0.25, 0.3) is 0 Å². The van der Waals surface area contributed by atoms with E-state index < -0.39 is 0 Å². The molecule has 10 rings (SSSR count). The van der Waals surface area contributed by atoms with Crippen molar-refractivity contribution in [3.63, 3.8) is 0 Å². The minimum absolute atomic E-state index is 0.831. The number of fused-ring (bicyclic) bond motifs is 1. The standard InChI is InChI=1S/C56H38N4/c1-6-17-41(18-7-1)42-29-31-43(32-30-42)52-27-16-28-53-56(52)58-55(54(57-53)44-19-8-2-9-20-44)45-33-35-49(36-34-45)60(48-25-14-5-15-26-48)51-39-37-50(38-40-51)59(46-21-10-3-11-22-46)47-23-12-4-13-24-47/h2-6,8-40H. The summed E-state index contributed by atoms with van der Waals surface area (Å²) in [5.41, 5.74) is 16.2. The zero-order valence-corrected chi connectivity index (χ0v) is 32.7. The van der Waals surface area contributed by atoms with Crippen LogP contribution in [0, 0.1) is 12.1 Å². The molecule has 0 N–H and O–H groups in total. The number of hydrogen-bond acceptors (Lipinski definition) is 4. The maximum Gasteiger partial charge on any atom is 0.0973 e. The van der Waals surface area contributed by atoms with Crippen LogP contribution in [0.15, 0.2) is 231 Å². The van der Waals surface area contributed by atoms with Crippen LogP contribution in [0.25, 0.3) is 55.8 Å². The van der Waals surface area contributed by atoms with Gasteiger partial charge in [0, 0.05) is 50.8 Å². The maximum absolute atomic E-state index is 5.46. The number of hydrogen-bond donors (Lipinski definition) is 0. The third-order valence-electron chi connectivity index (χ3n) is 10.7. The van der Waals surface area contributed by atoms with Crippen molar-refractivity contribution in [1.82, 2.24) is 9.97 Å². The Morgan fingerprint density at radius 3 is 1.25 bits per heavy atom. The maximum atomic E-state index is 5.46. The molecule has 0 fully saturated rings. The highest BCUT2D eigenvalue weighted by atomic mass is 15.2. The lowest BCUT2D eigenvalue weighted by Gasteiger charge is -2.28. The summed E-state index contributed by atoms with van der Waals surface area (Å²) in [6.45, 7) is 0. The van der Waals surface area contributed by atoms with Crippen molar-refractivity contribution in [3.8, 4) is 44.8 Å². The predicted molar refractivity (Wildman–Crippen MR) is 248 cm³/mol. The van der Waals surface area contributed by atoms with Crippen molar-refractivity contribution in [2.24, 2.45) is 0 Å². The van der Waals surface area contributed by atoms with E-state index in [2.05, 4.69) is 234 Å². The smallest absolute Gasteiger partial charge is 0.0973 e. The van der Waals surface area contributed by atoms with Crippen LogP contribution < -0.4 is 9.80 Å². The predicted octanol–water partition coefficient (Wildman–Crippen LogP) is 14.8. The zero-order chi connectivity index (χ0) is 40.1. The van der Waals surface area contributed by atoms with Gasteiger partial charge in [0.15, 0.2) is 0 Å². The molecule has 0 spiro atoms. The molecule has 0 aliphatic carbocycles. The lowest BCUT2D eigenvalue weighted by molar-refractivity contribution is 1.25. The summed E-state index contributed by atoms with van der Waals surface area (Å²) < 4.78 is 0. The molecule has 0 bridgehead atoms. The van der Waals surface area contributed by atoms with Crippen LogP contribution in [0.1, 0.15) is 0 Å². The van der Waals surface area contributed by atoms with E-state index in [0.717, 1.165) is 89.9 Å². The van der Waals surface area contributed by atoms with E-state index in [1.807, 2.05) is 18.2 Å². The third-order valence-corrected chi connectivity index (χ3v) is 10.7. The van der Waals surface area contributed by atoms with Crippen LogP contribution in [-0.2, 0) is 0 Å². The highest BCUT2D eigenvalue weighted by Gasteiger charge is 2.19. The van der Waals surface area contributed by atoms with Crippen molar-refractivity contribution in [1.29, 1.82) is 0 Å². The van der Waals surface area contributed by atoms with Crippen LogP contribution >= 0.6 is 0 Å². The summed E-state index contributed by atoms with van der Waals surface area (Å²) in [6.07, 6.45) is 0. The van der Waals surface area contributed by atoms with Crippen molar-refractivity contribution >= 4 is 45.2 Å². The van der Waals surface area contributed by atoms with Crippen molar-refractivity contribution in [3.05, 3.63) is 243 Å². The third kappa shape index (κ3) is 7.24. The molecule has 4 heteroatoms. The van der Waals surface area contributed by atoms with E-state index in [1.165, 1.54) is 0 Å². The average Bonchev–Trinajstić information content (AvgIpc) is 3.33. The van der Waals surface area contributed by atoms with E-state index >= 15 is 0 Å². The van der Waals surface area contributed by atoms with Gasteiger partial charge in [-0.25, -0.2) is 9.97 Å². The second kappa shape index (κ2) is 16.3. The Balaban J connectivity index is 1.04. The summed E-state index contributed by atoms with van der Waals surface area (Å²) in [6, 6.07) is 86.2. The number of benzene rings is 8. The molecular formula is C56H38N4. The van der Waals surface area contributed by atoms with Gasteiger partial charge < -0.3 is 9.80 Å². The number of para-hydroxylation sites is 4. The lowest BCUT2D eigenvalue weighted by Crippen LogP contribution is -2.12. The molecule has 60 heavy (non-hydrogen) atoms. The van der Waals surface area contributed by atoms with Gasteiger partial charge in [-0.15, -0.1) is 0 Å². The highest BCUT2D eigenvalue weighted by molar-refractivity contribution is 5.96. The molecule has 9 aromatic carbocycles. The quantitative estimate of drug-likeness (QED) is 0.139. The molecular weight excluding hydrogens is 729 g/mol. The second-order valence-electron chi connectivity index (χ2n) is 14.5. The van der Waals surface area contributed by atoms with Gasteiger partial charge in [0.05, 0.1) is 22.4 Å². The SMILES string of the molecule is c1ccc(-c2ccc(-c3cccc4nc(-c5ccccc5)c(-c5ccc(N(c6ccccc6)c6ccc(N(c7ccccc7)c7ccccc7)cc6)cc5)nc34)cc2)cc#1. The fraction of sp³-hybridized carbons (Fsp3) is 0. The van der Waals surface area contributed by atoms with E-state index in [0.29, 0.717) is 0 Å². The fourth-order valence-electron chi connectivity index (χ4n) is 7.82. The molecule has 0 radical (unpaired) electrons. The Morgan fingerprint density at radius 2 is 0.733 bits per heavy atom. The van der Waals surface area contributed by atoms with Crippen LogP contribution in [0.4, 0.5) is 34.1 Å². The first-order valence-corrected chi connectivity index (χ1v) is 20.1. The van der Waals surface area contributed by atoms with Gasteiger partial charge in [-0.3, -0.25) is 0 Å². The van der Waals surface area contributed by atoms with E-state index in [1.54, 1.807) is 0 Å². The molecule has 282 valence electrons. The van der Waals surface area contributed by atoms with Crippen LogP contribution in [-0.4, -0.2) is 9.97 Å².